The first-order valence-corrected chi connectivity index (χ1v) is 7.41. The third kappa shape index (κ3) is 2.78. The van der Waals surface area contributed by atoms with Crippen molar-refractivity contribution in [2.24, 2.45) is 11.3 Å². The van der Waals surface area contributed by atoms with Crippen LogP contribution in [0.25, 0.3) is 0 Å². The second kappa shape index (κ2) is 5.48. The number of piperidine rings is 1. The van der Waals surface area contributed by atoms with Crippen molar-refractivity contribution in [3.05, 3.63) is 35.9 Å². The van der Waals surface area contributed by atoms with E-state index in [2.05, 4.69) is 10.6 Å². The van der Waals surface area contributed by atoms with E-state index in [1.54, 1.807) is 24.3 Å². The molecule has 1 aliphatic carbocycles. The molecule has 1 amide bonds. The summed E-state index contributed by atoms with van der Waals surface area (Å²) in [4.78, 5) is 23.8. The highest BCUT2D eigenvalue weighted by molar-refractivity contribution is 5.88. The van der Waals surface area contributed by atoms with Crippen LogP contribution in [0.4, 0.5) is 0 Å². The van der Waals surface area contributed by atoms with Gasteiger partial charge in [-0.05, 0) is 43.3 Å². The molecule has 1 aliphatic heterocycles. The first-order chi connectivity index (χ1) is 10.1. The number of nitrogens with one attached hydrogen (secondary N) is 2. The van der Waals surface area contributed by atoms with Gasteiger partial charge >= 0.3 is 5.97 Å². The minimum Gasteiger partial charge on any atom is -0.479 e. The Bertz CT molecular complexity index is 538. The highest BCUT2D eigenvalue weighted by Crippen LogP contribution is 2.58. The molecule has 1 aromatic rings. The van der Waals surface area contributed by atoms with E-state index >= 15 is 0 Å². The average molecular weight is 288 g/mol. The van der Waals surface area contributed by atoms with E-state index in [0.29, 0.717) is 5.56 Å². The molecule has 3 N–H and O–H groups in total. The van der Waals surface area contributed by atoms with Crippen molar-refractivity contribution in [3.63, 3.8) is 0 Å². The van der Waals surface area contributed by atoms with Gasteiger partial charge in [0.2, 0.25) is 5.91 Å². The molecule has 2 fully saturated rings. The second-order valence-corrected chi connectivity index (χ2v) is 6.06. The van der Waals surface area contributed by atoms with E-state index in [0.717, 1.165) is 32.4 Å². The Morgan fingerprint density at radius 2 is 1.90 bits per heavy atom. The van der Waals surface area contributed by atoms with Crippen LogP contribution in [-0.4, -0.2) is 30.1 Å². The van der Waals surface area contributed by atoms with Crippen LogP contribution in [0.2, 0.25) is 0 Å². The summed E-state index contributed by atoms with van der Waals surface area (Å²) in [5.74, 6) is -1.16. The molecule has 2 atom stereocenters. The van der Waals surface area contributed by atoms with Crippen molar-refractivity contribution in [2.75, 3.05) is 13.1 Å². The van der Waals surface area contributed by atoms with Crippen LogP contribution in [-0.2, 0) is 9.59 Å². The first-order valence-electron chi connectivity index (χ1n) is 7.41. The fraction of sp³-hybridized carbons (Fsp3) is 0.500. The number of rotatable bonds is 4. The van der Waals surface area contributed by atoms with E-state index in [9.17, 15) is 14.7 Å². The highest BCUT2D eigenvalue weighted by atomic mass is 16.4. The summed E-state index contributed by atoms with van der Waals surface area (Å²) in [5, 5.41) is 15.4. The van der Waals surface area contributed by atoms with Gasteiger partial charge in [-0.25, -0.2) is 4.79 Å². The summed E-state index contributed by atoms with van der Waals surface area (Å²) >= 11 is 0. The number of carbonyl (C=O) groups excluding carboxylic acids is 1. The van der Waals surface area contributed by atoms with Crippen molar-refractivity contribution in [1.82, 2.24) is 10.6 Å². The van der Waals surface area contributed by atoms with Gasteiger partial charge in [-0.15, -0.1) is 0 Å². The van der Waals surface area contributed by atoms with Crippen molar-refractivity contribution in [1.29, 1.82) is 0 Å². The van der Waals surface area contributed by atoms with Crippen LogP contribution >= 0.6 is 0 Å². The van der Waals surface area contributed by atoms with Gasteiger partial charge in [0.1, 0.15) is 0 Å². The standard InChI is InChI=1S/C16H20N2O3/c19-14(12-10-16(12)6-8-17-9-7-16)18-13(15(20)21)11-4-2-1-3-5-11/h1-5,12-13,17H,6-10H2,(H,18,19)(H,20,21)/t12?,13-/m0/s1. The normalized spacial score (nSPS) is 24.3. The number of hydrogen-bond acceptors (Lipinski definition) is 3. The topological polar surface area (TPSA) is 78.4 Å². The maximum atomic E-state index is 12.4. The molecule has 0 radical (unpaired) electrons. The lowest BCUT2D eigenvalue weighted by molar-refractivity contribution is -0.142. The predicted molar refractivity (Wildman–Crippen MR) is 77.6 cm³/mol. The van der Waals surface area contributed by atoms with Crippen LogP contribution in [0.15, 0.2) is 30.3 Å². The number of carboxylic acids is 1. The monoisotopic (exact) mass is 288 g/mol. The van der Waals surface area contributed by atoms with Gasteiger partial charge in [-0.1, -0.05) is 30.3 Å². The summed E-state index contributed by atoms with van der Waals surface area (Å²) in [6, 6.07) is 7.89. The van der Waals surface area contributed by atoms with Gasteiger partial charge < -0.3 is 15.7 Å². The Morgan fingerprint density at radius 3 is 2.52 bits per heavy atom. The van der Waals surface area contributed by atoms with Gasteiger partial charge in [-0.3, -0.25) is 4.79 Å². The quantitative estimate of drug-likeness (QED) is 0.781. The highest BCUT2D eigenvalue weighted by Gasteiger charge is 2.57. The number of amides is 1. The molecule has 1 spiro atoms. The van der Waals surface area contributed by atoms with Gasteiger partial charge in [-0.2, -0.15) is 0 Å². The molecule has 1 saturated heterocycles. The average Bonchev–Trinajstić information content (AvgIpc) is 3.19. The summed E-state index contributed by atoms with van der Waals surface area (Å²) in [7, 11) is 0. The van der Waals surface area contributed by atoms with Crippen LogP contribution in [0.5, 0.6) is 0 Å². The summed E-state index contributed by atoms with van der Waals surface area (Å²) in [6.07, 6.45) is 2.91. The van der Waals surface area contributed by atoms with E-state index < -0.39 is 12.0 Å². The molecule has 1 unspecified atom stereocenters. The maximum Gasteiger partial charge on any atom is 0.330 e. The summed E-state index contributed by atoms with van der Waals surface area (Å²) in [5.41, 5.74) is 0.730. The number of aliphatic carboxylic acids is 1. The Kier molecular flexibility index (Phi) is 3.68. The van der Waals surface area contributed by atoms with Crippen LogP contribution in [0.1, 0.15) is 30.9 Å². The number of carboxylic acid groups (broad SMARTS) is 1. The second-order valence-electron chi connectivity index (χ2n) is 6.06. The van der Waals surface area contributed by atoms with E-state index in [-0.39, 0.29) is 17.2 Å². The maximum absolute atomic E-state index is 12.4. The molecule has 0 bridgehead atoms. The molecule has 5 nitrogen and oxygen atoms in total. The molecule has 21 heavy (non-hydrogen) atoms. The molecule has 1 saturated carbocycles. The van der Waals surface area contributed by atoms with Gasteiger partial charge in [0.25, 0.3) is 0 Å². The van der Waals surface area contributed by atoms with Gasteiger partial charge in [0.05, 0.1) is 0 Å². The third-order valence-electron chi connectivity index (χ3n) is 4.77. The molecular weight excluding hydrogens is 268 g/mol. The first kappa shape index (κ1) is 14.1. The third-order valence-corrected chi connectivity index (χ3v) is 4.77. The van der Waals surface area contributed by atoms with Crippen molar-refractivity contribution in [2.45, 2.75) is 25.3 Å². The van der Waals surface area contributed by atoms with Crippen molar-refractivity contribution < 1.29 is 14.7 Å². The lowest BCUT2D eigenvalue weighted by atomic mass is 9.91. The van der Waals surface area contributed by atoms with Crippen molar-refractivity contribution >= 4 is 11.9 Å². The molecule has 5 heteroatoms. The number of hydrogen-bond donors (Lipinski definition) is 3. The summed E-state index contributed by atoms with van der Waals surface area (Å²) < 4.78 is 0. The zero-order chi connectivity index (χ0) is 14.9. The molecule has 1 heterocycles. The zero-order valence-electron chi connectivity index (χ0n) is 11.8. The fourth-order valence-electron chi connectivity index (χ4n) is 3.37. The fourth-order valence-corrected chi connectivity index (χ4v) is 3.37. The minimum absolute atomic E-state index is 0.0230. The van der Waals surface area contributed by atoms with Crippen LogP contribution in [0.3, 0.4) is 0 Å². The van der Waals surface area contributed by atoms with Gasteiger partial charge in [0.15, 0.2) is 6.04 Å². The van der Waals surface area contributed by atoms with Gasteiger partial charge in [0, 0.05) is 5.92 Å². The molecule has 1 aromatic carbocycles. The largest absolute Gasteiger partial charge is 0.479 e. The van der Waals surface area contributed by atoms with Crippen LogP contribution in [0, 0.1) is 11.3 Å². The minimum atomic E-state index is -1.02. The van der Waals surface area contributed by atoms with Crippen molar-refractivity contribution in [3.8, 4) is 0 Å². The molecule has 2 aliphatic rings. The Morgan fingerprint density at radius 1 is 1.24 bits per heavy atom. The smallest absolute Gasteiger partial charge is 0.330 e. The van der Waals surface area contributed by atoms with E-state index in [4.69, 9.17) is 0 Å². The zero-order valence-corrected chi connectivity index (χ0v) is 11.8. The van der Waals surface area contributed by atoms with E-state index in [1.807, 2.05) is 6.07 Å². The number of benzene rings is 1. The van der Waals surface area contributed by atoms with E-state index in [1.165, 1.54) is 0 Å². The molecular formula is C16H20N2O3. The lowest BCUT2D eigenvalue weighted by Gasteiger charge is -2.23. The Balaban J connectivity index is 1.67. The number of carbonyl (C=O) groups is 2. The van der Waals surface area contributed by atoms with Crippen LogP contribution < -0.4 is 10.6 Å². The molecule has 112 valence electrons. The summed E-state index contributed by atoms with van der Waals surface area (Å²) in [6.45, 7) is 1.90. The Hall–Kier alpha value is -1.88. The predicted octanol–water partition coefficient (Wildman–Crippen LogP) is 1.32. The Labute approximate surface area is 123 Å². The molecule has 3 rings (SSSR count). The lowest BCUT2D eigenvalue weighted by Crippen LogP contribution is -2.37. The SMILES string of the molecule is O=C(N[C@H](C(=O)O)c1ccccc1)C1CC12CCNCC2. The molecule has 0 aromatic heterocycles.